The van der Waals surface area contributed by atoms with Crippen molar-refractivity contribution in [3.63, 3.8) is 0 Å². The molecule has 0 radical (unpaired) electrons. The Morgan fingerprint density at radius 3 is 1.02 bits per heavy atom. The molecule has 0 saturated carbocycles. The zero-order valence-electron chi connectivity index (χ0n) is 89.9. The Hall–Kier alpha value is -8.26. The average Bonchev–Trinajstić information content (AvgIpc) is 0.799. The normalized spacial score (nSPS) is 12.8. The van der Waals surface area contributed by atoms with E-state index >= 15 is 0 Å². The lowest BCUT2D eigenvalue weighted by Crippen LogP contribution is -2.39. The first-order valence-corrected chi connectivity index (χ1v) is 47.9. The van der Waals surface area contributed by atoms with Gasteiger partial charge in [-0.05, 0) is 433 Å². The minimum Gasteiger partial charge on any atom is -0.505 e. The van der Waals surface area contributed by atoms with Gasteiger partial charge in [-0.15, -0.1) is 0 Å². The van der Waals surface area contributed by atoms with E-state index in [0.29, 0.717) is 18.1 Å². The zero-order chi connectivity index (χ0) is 103. The molecule has 762 valence electrons. The number of phenols is 1. The zero-order valence-corrected chi connectivity index (χ0v) is 89.9. The molecule has 1 aliphatic rings. The van der Waals surface area contributed by atoms with Crippen LogP contribution in [0.25, 0.3) is 0 Å². The number of rotatable bonds is 31. The molecule has 0 heterocycles. The molecule has 0 spiro atoms. The fraction of sp³-hybridized carbons (Fsp3) is 0.575. The van der Waals surface area contributed by atoms with Crippen LogP contribution >= 0.6 is 0 Å². The molecule has 16 nitrogen and oxygen atoms in total. The van der Waals surface area contributed by atoms with E-state index in [0.717, 1.165) is 168 Å². The van der Waals surface area contributed by atoms with Gasteiger partial charge in [0.25, 0.3) is 0 Å². The smallest absolute Gasteiger partial charge is 0.165 e. The molecule has 1 aliphatic carbocycles. The van der Waals surface area contributed by atoms with Crippen LogP contribution in [0.4, 0.5) is 26.3 Å². The monoisotopic (exact) mass is 1890 g/mol. The maximum Gasteiger partial charge on any atom is 0.165 e. The van der Waals surface area contributed by atoms with E-state index in [1.54, 1.807) is 71.9 Å². The first-order valence-electron chi connectivity index (χ1n) is 47.9. The van der Waals surface area contributed by atoms with Gasteiger partial charge in [0, 0.05) is 83.1 Å². The van der Waals surface area contributed by atoms with Crippen LogP contribution in [0.15, 0.2) is 164 Å². The Morgan fingerprint density at radius 1 is 0.311 bits per heavy atom. The molecule has 0 saturated heterocycles. The van der Waals surface area contributed by atoms with Crippen molar-refractivity contribution in [3.8, 4) is 34.5 Å². The van der Waals surface area contributed by atoms with Gasteiger partial charge in [0.2, 0.25) is 0 Å². The van der Waals surface area contributed by atoms with Crippen molar-refractivity contribution in [2.75, 3.05) is 122 Å². The molecular formula is C113H181F6N9O7. The van der Waals surface area contributed by atoms with Gasteiger partial charge < -0.3 is 80.5 Å². The number of ether oxygens (including phenoxy) is 6. The van der Waals surface area contributed by atoms with Crippen LogP contribution in [0.5, 0.6) is 34.5 Å². The fourth-order valence-corrected chi connectivity index (χ4v) is 12.9. The Balaban J connectivity index is 0.000000763. The molecule has 8 N–H and O–H groups in total. The van der Waals surface area contributed by atoms with Gasteiger partial charge in [0.1, 0.15) is 11.6 Å². The van der Waals surface area contributed by atoms with Crippen molar-refractivity contribution in [1.82, 2.24) is 47.0 Å². The second-order valence-electron chi connectivity index (χ2n) is 43.5. The highest BCUT2D eigenvalue weighted by molar-refractivity contribution is 5.44. The number of nitrogens with one attached hydrogen (secondary N) is 7. The van der Waals surface area contributed by atoms with Crippen LogP contribution < -0.4 is 60.9 Å². The number of hydrogen-bond donors (Lipinski definition) is 8. The molecule has 0 bridgehead atoms. The van der Waals surface area contributed by atoms with Gasteiger partial charge in [-0.2, -0.15) is 0 Å². The molecule has 135 heavy (non-hydrogen) atoms. The summed E-state index contributed by atoms with van der Waals surface area (Å²) < 4.78 is 109. The minimum atomic E-state index is -0.789. The van der Waals surface area contributed by atoms with Crippen LogP contribution in [-0.2, 0) is 56.1 Å². The van der Waals surface area contributed by atoms with Gasteiger partial charge in [-0.3, -0.25) is 0 Å². The number of methoxy groups -OCH3 is 6. The largest absolute Gasteiger partial charge is 0.505 e. The van der Waals surface area contributed by atoms with Gasteiger partial charge >= 0.3 is 0 Å². The Labute approximate surface area is 814 Å². The van der Waals surface area contributed by atoms with E-state index in [-0.39, 0.29) is 73.1 Å². The molecule has 1 unspecified atom stereocenters. The molecule has 0 aliphatic heterocycles. The summed E-state index contributed by atoms with van der Waals surface area (Å²) in [4.78, 5) is 4.63. The fourth-order valence-electron chi connectivity index (χ4n) is 12.9. The molecule has 8 aromatic carbocycles. The SMILES string of the molecule is CC(C)(C)NCC1CCCc2c(F)cccc21.CC(C)(C)NCCc1ccc(F)c(F)c1.CC(C)(C)NCCc1ccc(O)c(F)c1.CC(C)(C)NCCc1ccccc1.CN(CCc1cccc(F)c1)C(C)(C)C.COCCNC(C)(C)C.COc1ccc(CCN(C)C(C)(C)C)cc1OC.COc1ccc(CCNC(C)(C)C)cc1F.COc1ccc(CCNC(C)(C)C)cc1OC. The number of aromatic hydroxyl groups is 1. The lowest BCUT2D eigenvalue weighted by Gasteiger charge is -2.31. The molecule has 9 rings (SSSR count). The van der Waals surface area contributed by atoms with Crippen molar-refractivity contribution in [1.29, 1.82) is 0 Å². The number of hydrogen-bond acceptors (Lipinski definition) is 16. The number of benzene rings is 8. The number of halogens is 6. The summed E-state index contributed by atoms with van der Waals surface area (Å²) in [6, 6.07) is 48.7. The van der Waals surface area contributed by atoms with Crippen LogP contribution in [-0.4, -0.2) is 187 Å². The second-order valence-corrected chi connectivity index (χ2v) is 43.5. The number of phenolic OH excluding ortho intramolecular Hbond substituents is 1. The summed E-state index contributed by atoms with van der Waals surface area (Å²) in [6.45, 7) is 67.1. The Kier molecular flexibility index (Phi) is 57.2. The number of likely N-dealkylation sites (N-methyl/N-ethyl adjacent to an activating group) is 2. The quantitative estimate of drug-likeness (QED) is 0.0153. The highest BCUT2D eigenvalue weighted by Gasteiger charge is 2.25. The van der Waals surface area contributed by atoms with Gasteiger partial charge in [0.05, 0.1) is 42.2 Å². The van der Waals surface area contributed by atoms with Gasteiger partial charge in [-0.25, -0.2) is 26.3 Å². The maximum atomic E-state index is 13.7. The highest BCUT2D eigenvalue weighted by Crippen LogP contribution is 2.34. The summed E-state index contributed by atoms with van der Waals surface area (Å²) in [5, 5.41) is 32.7. The molecule has 0 aromatic heterocycles. The van der Waals surface area contributed by atoms with Gasteiger partial charge in [0.15, 0.2) is 57.8 Å². The summed E-state index contributed by atoms with van der Waals surface area (Å²) in [6.07, 6.45) is 9.44. The van der Waals surface area contributed by atoms with E-state index in [1.807, 2.05) is 36.4 Å². The minimum absolute atomic E-state index is 0.0250. The molecule has 22 heteroatoms. The van der Waals surface area contributed by atoms with E-state index < -0.39 is 17.5 Å². The lowest BCUT2D eigenvalue weighted by molar-refractivity contribution is 0.178. The van der Waals surface area contributed by atoms with Crippen LogP contribution in [0.1, 0.15) is 256 Å². The van der Waals surface area contributed by atoms with Crippen molar-refractivity contribution < 1.29 is 59.9 Å². The summed E-state index contributed by atoms with van der Waals surface area (Å²) in [7, 11) is 14.1. The van der Waals surface area contributed by atoms with Crippen molar-refractivity contribution in [2.24, 2.45) is 0 Å². The average molecular weight is 1890 g/mol. The number of fused-ring (bicyclic) bond motifs is 1. The summed E-state index contributed by atoms with van der Waals surface area (Å²) in [5.74, 6) is 1.04. The van der Waals surface area contributed by atoms with Crippen molar-refractivity contribution in [3.05, 3.63) is 249 Å². The maximum absolute atomic E-state index is 13.7. The van der Waals surface area contributed by atoms with E-state index in [1.165, 1.54) is 72.2 Å². The third-order valence-electron chi connectivity index (χ3n) is 21.4. The molecule has 0 fully saturated rings. The molecular weight excluding hydrogens is 1710 g/mol. The standard InChI is InChI=1S/C15H22FN.C15H25NO2.C14H23NO2.C13H20FNO.C13H20FN.C12H17F2N.C12H18FNO.C12H19N.C7H17NO/c1-15(2,3)17-10-11-6-4-8-13-12(11)7-5-9-14(13)16;1-15(2,3)16(4)10-9-12-7-8-13(17-5)14(11-12)18-6;1-14(2,3)15-9-8-11-6-7-12(16-4)13(10-11)17-5;1-13(2,3)15-8-7-10-5-6-12(16-4)11(14)9-10;1-13(2,3)15(4)9-8-11-6-5-7-12(14)10-11;1-12(2,3)15-7-6-9-4-5-10(13)11(14)8-9;1-12(2,3)14-7-6-9-4-5-11(15)10(13)8-9;1-12(2,3)13-10-9-11-7-5-4-6-8-11;1-7(2,3)8-5-6-9-4/h5,7,9,11,17H,4,6,8,10H2,1-3H3;7-8,11H,9-10H2,1-6H3;6-7,10,15H,8-9H2,1-5H3;5-6,9,15H,7-8H2,1-4H3;5-7,10H,8-9H2,1-4H3;4-5,8,15H,6-7H2,1-3H3;4-5,8,14-15H,6-7H2,1-3H3;4-8,13H,9-10H2,1-3H3;8H,5-6H2,1-4H3. The predicted octanol–water partition coefficient (Wildman–Crippen LogP) is 24.1. The van der Waals surface area contributed by atoms with Crippen molar-refractivity contribution in [2.45, 2.75) is 307 Å². The highest BCUT2D eigenvalue weighted by atomic mass is 19.2. The summed E-state index contributed by atoms with van der Waals surface area (Å²) in [5.41, 5.74) is 11.2. The Morgan fingerprint density at radius 2 is 0.652 bits per heavy atom. The van der Waals surface area contributed by atoms with Crippen LogP contribution in [0.3, 0.4) is 0 Å². The van der Waals surface area contributed by atoms with E-state index in [9.17, 15) is 26.3 Å². The van der Waals surface area contributed by atoms with Crippen LogP contribution in [0.2, 0.25) is 0 Å². The lowest BCUT2D eigenvalue weighted by atomic mass is 9.82. The Bertz CT molecular complexity index is 4460. The second kappa shape index (κ2) is 61.9. The van der Waals surface area contributed by atoms with Crippen molar-refractivity contribution >= 4 is 0 Å². The molecule has 8 aromatic rings. The molecule has 0 amide bonds. The topological polar surface area (TPSA) is 166 Å². The van der Waals surface area contributed by atoms with E-state index in [4.69, 9.17) is 33.5 Å². The number of nitrogens with zero attached hydrogens (tertiary/aromatic N) is 2. The third kappa shape index (κ3) is 60.9. The first-order chi connectivity index (χ1) is 62.5. The predicted molar refractivity (Wildman–Crippen MR) is 558 cm³/mol. The van der Waals surface area contributed by atoms with Crippen LogP contribution in [0, 0.1) is 34.9 Å². The van der Waals surface area contributed by atoms with Gasteiger partial charge in [-0.1, -0.05) is 84.9 Å². The first kappa shape index (κ1) is 125. The third-order valence-corrected chi connectivity index (χ3v) is 21.4. The summed E-state index contributed by atoms with van der Waals surface area (Å²) >= 11 is 0. The van der Waals surface area contributed by atoms with E-state index in [2.05, 4.69) is 303 Å². The molecule has 1 atom stereocenters.